The average molecular weight is 714 g/mol. The van der Waals surface area contributed by atoms with Crippen molar-refractivity contribution in [2.75, 3.05) is 6.61 Å². The molecular weight excluding hydrogens is 680 g/mol. The Morgan fingerprint density at radius 2 is 1.58 bits per heavy atom. The van der Waals surface area contributed by atoms with E-state index in [4.69, 9.17) is 9.47 Å². The summed E-state index contributed by atoms with van der Waals surface area (Å²) in [6.45, 7) is 10.9. The highest BCUT2D eigenvalue weighted by Crippen LogP contribution is 2.60. The number of benzene rings is 5. The molecule has 2 nitrogen and oxygen atoms in total. The Hall–Kier alpha value is -4.36. The van der Waals surface area contributed by atoms with Crippen molar-refractivity contribution in [2.24, 2.45) is 0 Å². The smallest absolute Gasteiger partial charge is 0.416 e. The highest BCUT2D eigenvalue weighted by Gasteiger charge is 2.45. The standard InChI is InChI=1S/C41H33BrF4O2/c1-5-7-20-47-29-15-10-26(11-16-29)40(25-8-13-28(43)14-9-25)19-18-31-37-35(33-21-24(6-2)22-34(42)36(33)39(37,3)4)30-17-12-27(41(44,45)46)23-32(30)38(31)48-40/h6,8-19,21-23H,2,5,7,20H2,1,3-4H3. The number of rotatable bonds is 7. The van der Waals surface area contributed by atoms with Crippen LogP contribution in [-0.4, -0.2) is 6.61 Å². The fourth-order valence-electron chi connectivity index (χ4n) is 7.26. The van der Waals surface area contributed by atoms with Crippen molar-refractivity contribution in [1.82, 2.24) is 0 Å². The molecule has 5 aromatic rings. The van der Waals surface area contributed by atoms with Gasteiger partial charge in [-0.1, -0.05) is 92.2 Å². The van der Waals surface area contributed by atoms with Gasteiger partial charge in [0.05, 0.1) is 12.2 Å². The fourth-order valence-corrected chi connectivity index (χ4v) is 8.23. The van der Waals surface area contributed by atoms with E-state index in [-0.39, 0.29) is 0 Å². The summed E-state index contributed by atoms with van der Waals surface area (Å²) < 4.78 is 71.0. The molecule has 0 bridgehead atoms. The molecule has 0 N–H and O–H groups in total. The van der Waals surface area contributed by atoms with E-state index in [1.807, 2.05) is 48.6 Å². The molecule has 0 saturated heterocycles. The van der Waals surface area contributed by atoms with E-state index in [1.165, 1.54) is 18.2 Å². The van der Waals surface area contributed by atoms with Crippen LogP contribution >= 0.6 is 15.9 Å². The van der Waals surface area contributed by atoms with Crippen molar-refractivity contribution >= 4 is 38.9 Å². The van der Waals surface area contributed by atoms with Crippen LogP contribution in [0.5, 0.6) is 11.5 Å². The van der Waals surface area contributed by atoms with Gasteiger partial charge in [0.25, 0.3) is 0 Å². The van der Waals surface area contributed by atoms with Gasteiger partial charge in [-0.3, -0.25) is 0 Å². The van der Waals surface area contributed by atoms with E-state index < -0.39 is 28.6 Å². The lowest BCUT2D eigenvalue weighted by Crippen LogP contribution is -2.35. The van der Waals surface area contributed by atoms with E-state index in [9.17, 15) is 17.6 Å². The summed E-state index contributed by atoms with van der Waals surface area (Å²) in [5.41, 5.74) is 4.20. The van der Waals surface area contributed by atoms with E-state index in [2.05, 4.69) is 43.3 Å². The Kier molecular flexibility index (Phi) is 7.82. The minimum absolute atomic E-state index is 0.339. The van der Waals surface area contributed by atoms with Crippen molar-refractivity contribution in [3.63, 3.8) is 0 Å². The first kappa shape index (κ1) is 32.2. The second-order valence-electron chi connectivity index (χ2n) is 12.9. The van der Waals surface area contributed by atoms with Gasteiger partial charge in [-0.2, -0.15) is 13.2 Å². The lowest BCUT2D eigenvalue weighted by Gasteiger charge is -2.38. The number of ether oxygens (including phenoxy) is 2. The van der Waals surface area contributed by atoms with Crippen LogP contribution in [0.4, 0.5) is 17.6 Å². The first-order chi connectivity index (χ1) is 22.9. The third-order valence-corrected chi connectivity index (χ3v) is 10.2. The zero-order valence-electron chi connectivity index (χ0n) is 26.8. The summed E-state index contributed by atoms with van der Waals surface area (Å²) in [5, 5.41) is 0.998. The van der Waals surface area contributed by atoms with E-state index in [0.29, 0.717) is 40.0 Å². The predicted octanol–water partition coefficient (Wildman–Crippen LogP) is 12.2. The first-order valence-electron chi connectivity index (χ1n) is 15.9. The summed E-state index contributed by atoms with van der Waals surface area (Å²) in [4.78, 5) is 0. The molecule has 0 amide bonds. The van der Waals surface area contributed by atoms with Crippen molar-refractivity contribution in [3.8, 4) is 22.6 Å². The van der Waals surface area contributed by atoms with Gasteiger partial charge < -0.3 is 9.47 Å². The monoisotopic (exact) mass is 712 g/mol. The maximum atomic E-state index is 14.3. The van der Waals surface area contributed by atoms with E-state index in [0.717, 1.165) is 56.8 Å². The highest BCUT2D eigenvalue weighted by molar-refractivity contribution is 9.10. The molecule has 1 unspecified atom stereocenters. The molecule has 0 aromatic heterocycles. The Morgan fingerprint density at radius 1 is 0.896 bits per heavy atom. The van der Waals surface area contributed by atoms with Crippen LogP contribution in [0.1, 0.15) is 72.6 Å². The summed E-state index contributed by atoms with van der Waals surface area (Å²) in [5.74, 6) is 0.630. The van der Waals surface area contributed by atoms with Gasteiger partial charge in [0.2, 0.25) is 0 Å². The largest absolute Gasteiger partial charge is 0.494 e. The molecule has 0 spiro atoms. The molecule has 2 aliphatic rings. The van der Waals surface area contributed by atoms with Crippen LogP contribution in [0.25, 0.3) is 34.1 Å². The lowest BCUT2D eigenvalue weighted by molar-refractivity contribution is -0.137. The fraction of sp³-hybridized carbons (Fsp3) is 0.220. The van der Waals surface area contributed by atoms with Gasteiger partial charge in [-0.15, -0.1) is 0 Å². The molecule has 48 heavy (non-hydrogen) atoms. The van der Waals surface area contributed by atoms with E-state index in [1.54, 1.807) is 24.3 Å². The minimum Gasteiger partial charge on any atom is -0.494 e. The molecule has 1 atom stereocenters. The zero-order valence-corrected chi connectivity index (χ0v) is 28.4. The maximum Gasteiger partial charge on any atom is 0.416 e. The van der Waals surface area contributed by atoms with Crippen molar-refractivity contribution in [1.29, 1.82) is 0 Å². The lowest BCUT2D eigenvalue weighted by atomic mass is 9.76. The molecule has 5 aromatic carbocycles. The summed E-state index contributed by atoms with van der Waals surface area (Å²) in [7, 11) is 0. The van der Waals surface area contributed by atoms with Crippen LogP contribution < -0.4 is 9.47 Å². The van der Waals surface area contributed by atoms with Crippen LogP contribution in [0, 0.1) is 5.82 Å². The molecular formula is C41H33BrF4O2. The van der Waals surface area contributed by atoms with Crippen molar-refractivity contribution < 1.29 is 27.0 Å². The molecule has 0 radical (unpaired) electrons. The summed E-state index contributed by atoms with van der Waals surface area (Å²) >= 11 is 3.80. The van der Waals surface area contributed by atoms with Crippen molar-refractivity contribution in [2.45, 2.75) is 50.8 Å². The molecule has 7 rings (SSSR count). The average Bonchev–Trinajstić information content (AvgIpc) is 3.31. The third kappa shape index (κ3) is 5.06. The molecule has 0 saturated carbocycles. The van der Waals surface area contributed by atoms with Crippen LogP contribution in [0.3, 0.4) is 0 Å². The van der Waals surface area contributed by atoms with Gasteiger partial charge in [0.1, 0.15) is 17.3 Å². The topological polar surface area (TPSA) is 18.5 Å². The number of unbranched alkanes of at least 4 members (excludes halogenated alkanes) is 1. The summed E-state index contributed by atoms with van der Waals surface area (Å²) in [6, 6.07) is 21.5. The number of hydrogen-bond donors (Lipinski definition) is 0. The zero-order chi connectivity index (χ0) is 34.0. The summed E-state index contributed by atoms with van der Waals surface area (Å²) in [6.07, 6.45) is 3.01. The molecule has 1 aliphatic carbocycles. The highest BCUT2D eigenvalue weighted by atomic mass is 79.9. The normalized spacial score (nSPS) is 17.4. The minimum atomic E-state index is -4.57. The second-order valence-corrected chi connectivity index (χ2v) is 13.8. The first-order valence-corrected chi connectivity index (χ1v) is 16.7. The number of alkyl halides is 3. The van der Waals surface area contributed by atoms with Gasteiger partial charge in [-0.25, -0.2) is 4.39 Å². The van der Waals surface area contributed by atoms with Gasteiger partial charge in [-0.05, 0) is 94.2 Å². The number of halogens is 5. The number of fused-ring (bicyclic) bond motifs is 8. The van der Waals surface area contributed by atoms with Gasteiger partial charge >= 0.3 is 6.18 Å². The second kappa shape index (κ2) is 11.7. The number of hydrogen-bond acceptors (Lipinski definition) is 2. The van der Waals surface area contributed by atoms with Crippen LogP contribution in [0.15, 0.2) is 96.0 Å². The SMILES string of the molecule is C=Cc1cc(Br)c2c(c1)-c1c(c3c(c4cc(C(F)(F)F)ccc14)OC(c1ccc(F)cc1)(c1ccc(OCCCC)cc1)C=C3)C2(C)C. The maximum absolute atomic E-state index is 14.3. The Bertz CT molecular complexity index is 2110. The molecule has 0 fully saturated rings. The molecule has 244 valence electrons. The Morgan fingerprint density at radius 3 is 2.23 bits per heavy atom. The van der Waals surface area contributed by atoms with E-state index >= 15 is 0 Å². The molecule has 7 heteroatoms. The quantitative estimate of drug-likeness (QED) is 0.123. The Labute approximate surface area is 285 Å². The van der Waals surface area contributed by atoms with Crippen LogP contribution in [0.2, 0.25) is 0 Å². The Balaban J connectivity index is 1.52. The van der Waals surface area contributed by atoms with Gasteiger partial charge in [0, 0.05) is 32.0 Å². The molecule has 1 heterocycles. The van der Waals surface area contributed by atoms with Crippen molar-refractivity contribution in [3.05, 3.63) is 141 Å². The van der Waals surface area contributed by atoms with Gasteiger partial charge in [0.15, 0.2) is 5.60 Å². The van der Waals surface area contributed by atoms with Crippen LogP contribution in [-0.2, 0) is 17.2 Å². The molecule has 1 aliphatic heterocycles. The predicted molar refractivity (Wildman–Crippen MR) is 188 cm³/mol. The third-order valence-electron chi connectivity index (χ3n) is 9.56.